The molecule has 0 saturated carbocycles. The quantitative estimate of drug-likeness (QED) is 0.0146. The van der Waals surface area contributed by atoms with Crippen molar-refractivity contribution >= 4 is 33.6 Å². The first-order valence-corrected chi connectivity index (χ1v) is 43.8. The molecule has 105 heavy (non-hydrogen) atoms. The molecule has 0 aromatic rings. The second kappa shape index (κ2) is 78.7. The van der Waals surface area contributed by atoms with Crippen LogP contribution in [0.3, 0.4) is 0 Å². The summed E-state index contributed by atoms with van der Waals surface area (Å²) in [6, 6.07) is 0. The normalized spacial score (nSPS) is 14.8. The minimum atomic E-state index is -4.94. The Hall–Kier alpha value is -4.83. The van der Waals surface area contributed by atoms with Gasteiger partial charge in [-0.15, -0.1) is 0 Å². The highest BCUT2D eigenvalue weighted by Gasteiger charge is 2.29. The second-order valence-corrected chi connectivity index (χ2v) is 29.7. The van der Waals surface area contributed by atoms with Crippen LogP contribution >= 0.6 is 15.6 Å². The number of carbonyl (C=O) groups is 3. The first kappa shape index (κ1) is 100. The number of carbonyl (C=O) groups excluding carboxylic acids is 3. The van der Waals surface area contributed by atoms with Gasteiger partial charge in [-0.1, -0.05) is 307 Å². The molecule has 0 radical (unpaired) electrons. The minimum Gasteiger partial charge on any atom is -0.463 e. The van der Waals surface area contributed by atoms with E-state index in [2.05, 4.69) is 179 Å². The van der Waals surface area contributed by atoms with Crippen molar-refractivity contribution in [3.8, 4) is 0 Å². The fraction of sp³-hybridized carbons (Fsp3) is 0.667. The van der Waals surface area contributed by atoms with Crippen molar-refractivity contribution in [1.29, 1.82) is 0 Å². The van der Waals surface area contributed by atoms with Gasteiger partial charge in [-0.05, 0) is 148 Å². The number of aliphatic hydroxyl groups is 2. The lowest BCUT2D eigenvalue weighted by atomic mass is 10.0. The fourth-order valence-electron chi connectivity index (χ4n) is 10.6. The monoisotopic (exact) mass is 1510 g/mol. The molecule has 0 aliphatic heterocycles. The molecule has 5 atom stereocenters. The molecule has 4 N–H and O–H groups in total. The van der Waals surface area contributed by atoms with Crippen LogP contribution in [0.15, 0.2) is 158 Å². The van der Waals surface area contributed by atoms with E-state index in [1.54, 1.807) is 0 Å². The lowest BCUT2D eigenvalue weighted by Gasteiger charge is -2.21. The Morgan fingerprint density at radius 1 is 0.276 bits per heavy atom. The second-order valence-electron chi connectivity index (χ2n) is 26.8. The summed E-state index contributed by atoms with van der Waals surface area (Å²) in [5.74, 6) is -1.61. The molecular weight excluding hydrogens is 1360 g/mol. The van der Waals surface area contributed by atoms with Gasteiger partial charge in [-0.25, -0.2) is 9.13 Å². The lowest BCUT2D eigenvalue weighted by molar-refractivity contribution is -0.161. The highest BCUT2D eigenvalue weighted by Crippen LogP contribution is 2.45. The van der Waals surface area contributed by atoms with Crippen LogP contribution in [0.2, 0.25) is 0 Å². The van der Waals surface area contributed by atoms with Gasteiger partial charge in [-0.3, -0.25) is 32.5 Å². The Labute approximate surface area is 638 Å². The number of esters is 3. The highest BCUT2D eigenvalue weighted by molar-refractivity contribution is 7.47. The Morgan fingerprint density at radius 2 is 0.505 bits per heavy atom. The minimum absolute atomic E-state index is 0.0849. The van der Waals surface area contributed by atoms with Crippen LogP contribution in [0.5, 0.6) is 0 Å². The summed E-state index contributed by atoms with van der Waals surface area (Å²) in [5, 5.41) is 20.7. The number of allylic oxidation sites excluding steroid dienone is 26. The maximum absolute atomic E-state index is 13.0. The zero-order valence-corrected chi connectivity index (χ0v) is 67.4. The molecule has 600 valence electrons. The van der Waals surface area contributed by atoms with Gasteiger partial charge in [0.2, 0.25) is 0 Å². The Bertz CT molecular complexity index is 2540. The van der Waals surface area contributed by atoms with E-state index in [-0.39, 0.29) is 19.3 Å². The van der Waals surface area contributed by atoms with E-state index in [4.69, 9.17) is 32.3 Å². The molecule has 0 aliphatic rings. The lowest BCUT2D eigenvalue weighted by Crippen LogP contribution is -2.30. The van der Waals surface area contributed by atoms with Gasteiger partial charge >= 0.3 is 33.6 Å². The predicted octanol–water partition coefficient (Wildman–Crippen LogP) is 24.2. The largest absolute Gasteiger partial charge is 0.472 e. The van der Waals surface area contributed by atoms with Crippen LogP contribution in [0.1, 0.15) is 316 Å². The number of aliphatic hydroxyl groups excluding tert-OH is 2. The van der Waals surface area contributed by atoms with Crippen molar-refractivity contribution in [2.75, 3.05) is 39.6 Å². The summed E-state index contributed by atoms with van der Waals surface area (Å²) < 4.78 is 61.2. The van der Waals surface area contributed by atoms with Crippen molar-refractivity contribution in [3.05, 3.63) is 158 Å². The van der Waals surface area contributed by atoms with Crippen LogP contribution in [-0.2, 0) is 55.8 Å². The molecule has 0 spiro atoms. The topological polar surface area (TPSA) is 231 Å². The van der Waals surface area contributed by atoms with Crippen molar-refractivity contribution in [3.63, 3.8) is 0 Å². The third kappa shape index (κ3) is 80.0. The number of phosphoric acid groups is 2. The standard InChI is InChI=1S/C87H146O16P2/c1-4-7-10-13-16-19-22-25-28-31-33-35-36-37-38-39-40-41-42-43-44-46-48-50-52-55-58-61-64-67-70-73-85(90)97-76-82(88)77-99-104(93,94)100-78-83(89)79-101-105(95,96)102-81-84(103-87(92)75-72-69-66-63-60-57-54-49-30-27-24-21-18-15-12-9-6-3)80-98-86(91)74-71-68-65-62-59-56-53-51-47-45-34-32-29-26-23-20-17-14-11-8-5-2/h7,9-10,12,16-21,25-30,33-35,37-38,40-41,45,51,53,82-84,88-89H,4-6,8,11,13-15,22-24,31-32,36,39,42-44,46-50,52,54-81H2,1-3H3,(H,93,94)(H,95,96)/b10-7-,12-9-,19-16-,20-17-,21-18-,28-25-,29-26-,30-27-,35-33-,38-37-,41-40-,45-34-,53-51-. The Morgan fingerprint density at radius 3 is 0.800 bits per heavy atom. The molecule has 0 amide bonds. The van der Waals surface area contributed by atoms with Crippen LogP contribution < -0.4 is 0 Å². The third-order valence-corrected chi connectivity index (χ3v) is 18.6. The molecule has 18 heteroatoms. The average Bonchev–Trinajstić information content (AvgIpc) is 0.917. The van der Waals surface area contributed by atoms with E-state index < -0.39 is 91.5 Å². The summed E-state index contributed by atoms with van der Waals surface area (Å²) in [4.78, 5) is 58.7. The van der Waals surface area contributed by atoms with Crippen LogP contribution in [0.25, 0.3) is 0 Å². The van der Waals surface area contributed by atoms with E-state index in [9.17, 15) is 43.5 Å². The van der Waals surface area contributed by atoms with Gasteiger partial charge in [0.1, 0.15) is 25.4 Å². The van der Waals surface area contributed by atoms with E-state index in [0.717, 1.165) is 180 Å². The number of rotatable bonds is 76. The summed E-state index contributed by atoms with van der Waals surface area (Å²) in [6.45, 7) is 2.40. The number of phosphoric ester groups is 2. The molecule has 0 bridgehead atoms. The van der Waals surface area contributed by atoms with Gasteiger partial charge in [0, 0.05) is 19.3 Å². The first-order valence-electron chi connectivity index (χ1n) is 40.8. The Balaban J connectivity index is 4.56. The van der Waals surface area contributed by atoms with Crippen LogP contribution in [-0.4, -0.2) is 95.9 Å². The molecule has 16 nitrogen and oxygen atoms in total. The van der Waals surface area contributed by atoms with Crippen LogP contribution in [0.4, 0.5) is 0 Å². The SMILES string of the molecule is CC/C=C\C/C=C\C/C=C\C/C=C\C/C=C\C/C=C\CCCCCCCCCCCCCCC(=O)OCC(O)COP(=O)(O)OCC(O)COP(=O)(O)OCC(COC(=O)CCCCCCC/C=C\C/C=C\C/C=C\C/C=C\CCCCC)OC(=O)CCCCCCCCC/C=C\C/C=C\C/C=C\CC. The van der Waals surface area contributed by atoms with E-state index in [0.29, 0.717) is 19.3 Å². The van der Waals surface area contributed by atoms with Crippen molar-refractivity contribution in [2.45, 2.75) is 334 Å². The summed E-state index contributed by atoms with van der Waals surface area (Å²) >= 11 is 0. The van der Waals surface area contributed by atoms with Crippen LogP contribution in [0, 0.1) is 0 Å². The number of ether oxygens (including phenoxy) is 3. The molecule has 5 unspecified atom stereocenters. The number of hydrogen-bond donors (Lipinski definition) is 4. The van der Waals surface area contributed by atoms with Gasteiger partial charge in [0.25, 0.3) is 0 Å². The predicted molar refractivity (Wildman–Crippen MR) is 435 cm³/mol. The van der Waals surface area contributed by atoms with Crippen molar-refractivity contribution < 1.29 is 75.8 Å². The summed E-state index contributed by atoms with van der Waals surface area (Å²) in [5.41, 5.74) is 0. The molecule has 0 aromatic carbocycles. The smallest absolute Gasteiger partial charge is 0.463 e. The maximum Gasteiger partial charge on any atom is 0.472 e. The van der Waals surface area contributed by atoms with E-state index in [1.807, 2.05) is 0 Å². The van der Waals surface area contributed by atoms with Gasteiger partial charge in [0.15, 0.2) is 6.10 Å². The van der Waals surface area contributed by atoms with Crippen molar-refractivity contribution in [2.24, 2.45) is 0 Å². The Kier molecular flexibility index (Phi) is 75.1. The zero-order valence-electron chi connectivity index (χ0n) is 65.6. The third-order valence-electron chi connectivity index (χ3n) is 16.7. The zero-order chi connectivity index (χ0) is 76.6. The highest BCUT2D eigenvalue weighted by atomic mass is 31.2. The van der Waals surface area contributed by atoms with E-state index in [1.165, 1.54) is 77.0 Å². The van der Waals surface area contributed by atoms with Gasteiger partial charge < -0.3 is 34.2 Å². The number of hydrogen-bond acceptors (Lipinski definition) is 14. The molecule has 0 aliphatic carbocycles. The fourth-order valence-corrected chi connectivity index (χ4v) is 12.2. The average molecular weight is 1510 g/mol. The molecule has 0 saturated heterocycles. The summed E-state index contributed by atoms with van der Waals surface area (Å²) in [6.07, 6.45) is 98.5. The number of unbranched alkanes of at least 4 members (excludes halogenated alkanes) is 27. The molecule has 0 rings (SSSR count). The van der Waals surface area contributed by atoms with E-state index >= 15 is 0 Å². The maximum atomic E-state index is 13.0. The van der Waals surface area contributed by atoms with Gasteiger partial charge in [0.05, 0.1) is 26.4 Å². The first-order chi connectivity index (χ1) is 51.2. The molecule has 0 fully saturated rings. The van der Waals surface area contributed by atoms with Crippen molar-refractivity contribution in [1.82, 2.24) is 0 Å². The summed E-state index contributed by atoms with van der Waals surface area (Å²) in [7, 11) is -9.81. The molecule has 0 heterocycles. The molecule has 0 aromatic heterocycles. The molecular formula is C87H146O16P2. The van der Waals surface area contributed by atoms with Gasteiger partial charge in [-0.2, -0.15) is 0 Å².